The third kappa shape index (κ3) is 7.48. The minimum absolute atomic E-state index is 0.0563. The van der Waals surface area contributed by atoms with Crippen molar-refractivity contribution in [2.45, 2.75) is 26.4 Å². The fourth-order valence-electron chi connectivity index (χ4n) is 1.45. The first kappa shape index (κ1) is 18.7. The number of benzene rings is 1. The standard InChI is InChI=1S/C15H20O8/c1-4-19-13-7-5-6-12(10-13)14(16)21-23-22-15(17)20-9-8-11(2)18-3/h5-7,10-11H,4,8-9H2,1-3H3. The molecule has 1 atom stereocenters. The van der Waals surface area contributed by atoms with Gasteiger partial charge in [0.2, 0.25) is 0 Å². The summed E-state index contributed by atoms with van der Waals surface area (Å²) in [6, 6.07) is 6.28. The maximum atomic E-state index is 11.7. The molecule has 0 fully saturated rings. The van der Waals surface area contributed by atoms with Crippen molar-refractivity contribution >= 4 is 12.1 Å². The second-order valence-corrected chi connectivity index (χ2v) is 4.42. The highest BCUT2D eigenvalue weighted by Crippen LogP contribution is 2.14. The van der Waals surface area contributed by atoms with Gasteiger partial charge in [-0.1, -0.05) is 6.07 Å². The first-order valence-corrected chi connectivity index (χ1v) is 7.04. The Bertz CT molecular complexity index is 502. The van der Waals surface area contributed by atoms with Gasteiger partial charge in [0.15, 0.2) is 0 Å². The molecule has 1 rings (SSSR count). The van der Waals surface area contributed by atoms with Gasteiger partial charge in [0.25, 0.3) is 0 Å². The van der Waals surface area contributed by atoms with E-state index in [1.54, 1.807) is 19.2 Å². The molecule has 23 heavy (non-hydrogen) atoms. The molecule has 0 radical (unpaired) electrons. The summed E-state index contributed by atoms with van der Waals surface area (Å²) >= 11 is 0. The molecule has 0 aliphatic rings. The SMILES string of the molecule is CCOc1cccc(C(=O)OOOC(=O)OCCC(C)OC)c1. The molecule has 1 unspecified atom stereocenters. The van der Waals surface area contributed by atoms with Gasteiger partial charge < -0.3 is 14.2 Å². The van der Waals surface area contributed by atoms with E-state index >= 15 is 0 Å². The minimum atomic E-state index is -1.12. The highest BCUT2D eigenvalue weighted by Gasteiger charge is 2.13. The van der Waals surface area contributed by atoms with Gasteiger partial charge in [0, 0.05) is 13.5 Å². The van der Waals surface area contributed by atoms with Crippen LogP contribution in [0.5, 0.6) is 5.75 Å². The van der Waals surface area contributed by atoms with Crippen molar-refractivity contribution in [2.24, 2.45) is 0 Å². The van der Waals surface area contributed by atoms with Gasteiger partial charge in [0.1, 0.15) is 5.75 Å². The lowest BCUT2D eigenvalue weighted by atomic mass is 10.2. The molecule has 0 aliphatic heterocycles. The second kappa shape index (κ2) is 10.4. The van der Waals surface area contributed by atoms with Crippen LogP contribution in [0.2, 0.25) is 0 Å². The normalized spacial score (nSPS) is 11.4. The molecule has 1 aromatic rings. The quantitative estimate of drug-likeness (QED) is 0.388. The largest absolute Gasteiger partial charge is 0.543 e. The van der Waals surface area contributed by atoms with Crippen LogP contribution in [0.4, 0.5) is 4.79 Å². The number of hydrogen-bond donors (Lipinski definition) is 0. The molecule has 8 heteroatoms. The lowest BCUT2D eigenvalue weighted by Gasteiger charge is -2.08. The van der Waals surface area contributed by atoms with E-state index in [4.69, 9.17) is 9.47 Å². The minimum Gasteiger partial charge on any atom is -0.494 e. The molecular weight excluding hydrogens is 308 g/mol. The maximum absolute atomic E-state index is 11.7. The first-order chi connectivity index (χ1) is 11.1. The van der Waals surface area contributed by atoms with Crippen molar-refractivity contribution in [3.05, 3.63) is 29.8 Å². The van der Waals surface area contributed by atoms with Gasteiger partial charge in [-0.05, 0) is 32.0 Å². The van der Waals surface area contributed by atoms with E-state index in [-0.39, 0.29) is 18.3 Å². The van der Waals surface area contributed by atoms with E-state index in [0.29, 0.717) is 18.8 Å². The Labute approximate surface area is 134 Å². The van der Waals surface area contributed by atoms with E-state index in [9.17, 15) is 9.59 Å². The maximum Gasteiger partial charge on any atom is 0.543 e. The van der Waals surface area contributed by atoms with Gasteiger partial charge in [-0.2, -0.15) is 0 Å². The Kier molecular flexibility index (Phi) is 8.48. The molecule has 0 aliphatic carbocycles. The van der Waals surface area contributed by atoms with E-state index in [2.05, 4.69) is 19.6 Å². The van der Waals surface area contributed by atoms with Gasteiger partial charge in [0.05, 0.1) is 29.9 Å². The van der Waals surface area contributed by atoms with Crippen LogP contribution in [0.3, 0.4) is 0 Å². The van der Waals surface area contributed by atoms with Crippen LogP contribution in [0.15, 0.2) is 24.3 Å². The van der Waals surface area contributed by atoms with E-state index in [1.165, 1.54) is 12.1 Å². The van der Waals surface area contributed by atoms with Crippen LogP contribution in [0, 0.1) is 0 Å². The molecule has 0 heterocycles. The summed E-state index contributed by atoms with van der Waals surface area (Å²) in [5, 5.41) is 4.10. The van der Waals surface area contributed by atoms with Gasteiger partial charge in [-0.3, -0.25) is 4.89 Å². The van der Waals surface area contributed by atoms with E-state index < -0.39 is 12.1 Å². The highest BCUT2D eigenvalue weighted by molar-refractivity contribution is 5.89. The average Bonchev–Trinajstić information content (AvgIpc) is 2.55. The monoisotopic (exact) mass is 328 g/mol. The molecule has 0 amide bonds. The molecule has 0 bridgehead atoms. The van der Waals surface area contributed by atoms with Crippen molar-refractivity contribution < 1.29 is 38.6 Å². The van der Waals surface area contributed by atoms with Crippen LogP contribution in [0.25, 0.3) is 0 Å². The molecule has 1 aromatic carbocycles. The predicted octanol–water partition coefficient (Wildman–Crippen LogP) is 2.67. The zero-order valence-electron chi connectivity index (χ0n) is 13.3. The average molecular weight is 328 g/mol. The van der Waals surface area contributed by atoms with Gasteiger partial charge >= 0.3 is 12.1 Å². The molecule has 128 valence electrons. The summed E-state index contributed by atoms with van der Waals surface area (Å²) in [6.45, 7) is 4.19. The van der Waals surface area contributed by atoms with Gasteiger partial charge in [-0.25, -0.2) is 14.5 Å². The summed E-state index contributed by atoms with van der Waals surface area (Å²) in [5.74, 6) is -0.332. The van der Waals surface area contributed by atoms with E-state index in [1.807, 2.05) is 13.8 Å². The molecule has 0 aromatic heterocycles. The van der Waals surface area contributed by atoms with E-state index in [0.717, 1.165) is 0 Å². The molecule has 0 saturated heterocycles. The summed E-state index contributed by atoms with van der Waals surface area (Å²) in [5.41, 5.74) is 0.182. The molecule has 0 N–H and O–H groups in total. The smallest absolute Gasteiger partial charge is 0.494 e. The Morgan fingerprint density at radius 2 is 2.00 bits per heavy atom. The zero-order valence-corrected chi connectivity index (χ0v) is 13.3. The van der Waals surface area contributed by atoms with Crippen molar-refractivity contribution in [3.8, 4) is 5.75 Å². The molecular formula is C15H20O8. The first-order valence-electron chi connectivity index (χ1n) is 7.04. The van der Waals surface area contributed by atoms with Crippen molar-refractivity contribution in [2.75, 3.05) is 20.3 Å². The second-order valence-electron chi connectivity index (χ2n) is 4.42. The summed E-state index contributed by atoms with van der Waals surface area (Å²) in [4.78, 5) is 31.3. The van der Waals surface area contributed by atoms with Crippen LogP contribution >= 0.6 is 0 Å². The summed E-state index contributed by atoms with van der Waals surface area (Å²) < 4.78 is 14.9. The van der Waals surface area contributed by atoms with Crippen molar-refractivity contribution in [3.63, 3.8) is 0 Å². The van der Waals surface area contributed by atoms with Crippen LogP contribution in [-0.2, 0) is 24.3 Å². The number of carbonyl (C=O) groups is 2. The van der Waals surface area contributed by atoms with Gasteiger partial charge in [-0.15, -0.1) is 0 Å². The van der Waals surface area contributed by atoms with Crippen molar-refractivity contribution in [1.82, 2.24) is 0 Å². The van der Waals surface area contributed by atoms with Crippen LogP contribution < -0.4 is 4.74 Å². The van der Waals surface area contributed by atoms with Crippen LogP contribution in [0.1, 0.15) is 30.6 Å². The van der Waals surface area contributed by atoms with Crippen molar-refractivity contribution in [1.29, 1.82) is 0 Å². The lowest BCUT2D eigenvalue weighted by Crippen LogP contribution is -2.15. The third-order valence-electron chi connectivity index (χ3n) is 2.74. The van der Waals surface area contributed by atoms with Crippen LogP contribution in [-0.4, -0.2) is 38.6 Å². The number of methoxy groups -OCH3 is 1. The summed E-state index contributed by atoms with van der Waals surface area (Å²) in [7, 11) is 1.55. The number of carbonyl (C=O) groups excluding carboxylic acids is 2. The fraction of sp³-hybridized carbons (Fsp3) is 0.467. The zero-order chi connectivity index (χ0) is 17.1. The molecule has 8 nitrogen and oxygen atoms in total. The fourth-order valence-corrected chi connectivity index (χ4v) is 1.45. The molecule has 0 saturated carbocycles. The Balaban J connectivity index is 2.28. The number of rotatable bonds is 9. The molecule has 0 spiro atoms. The Morgan fingerprint density at radius 3 is 2.70 bits per heavy atom. The third-order valence-corrected chi connectivity index (χ3v) is 2.74. The Hall–Kier alpha value is -2.32. The number of ether oxygens (including phenoxy) is 3. The topological polar surface area (TPSA) is 89.5 Å². The highest BCUT2D eigenvalue weighted by atomic mass is 17.5. The summed E-state index contributed by atoms with van der Waals surface area (Å²) in [6.07, 6.45) is -0.682. The lowest BCUT2D eigenvalue weighted by molar-refractivity contribution is -0.452. The Morgan fingerprint density at radius 1 is 1.22 bits per heavy atom. The predicted molar refractivity (Wildman–Crippen MR) is 77.6 cm³/mol. The number of hydrogen-bond acceptors (Lipinski definition) is 8.